The number of hydrogen-bond donors (Lipinski definition) is 1. The van der Waals surface area contributed by atoms with E-state index in [-0.39, 0.29) is 19.3 Å². The fourth-order valence-electron chi connectivity index (χ4n) is 2.73. The smallest absolute Gasteiger partial charge is 0.385 e. The lowest BCUT2D eigenvalue weighted by atomic mass is 9.74. The van der Waals surface area contributed by atoms with E-state index in [1.807, 2.05) is 0 Å². The summed E-state index contributed by atoms with van der Waals surface area (Å²) >= 11 is 0. The van der Waals surface area contributed by atoms with Crippen LogP contribution in [-0.4, -0.2) is 11.3 Å². The van der Waals surface area contributed by atoms with E-state index in [1.54, 1.807) is 0 Å². The summed E-state index contributed by atoms with van der Waals surface area (Å²) in [5.41, 5.74) is -0.794. The van der Waals surface area contributed by atoms with E-state index >= 15 is 0 Å². The molecule has 0 bridgehead atoms. The van der Waals surface area contributed by atoms with Crippen LogP contribution in [0.1, 0.15) is 36.8 Å². The first kappa shape index (κ1) is 14.3. The van der Waals surface area contributed by atoms with Crippen molar-refractivity contribution < 1.29 is 22.7 Å². The van der Waals surface area contributed by atoms with Crippen molar-refractivity contribution >= 4 is 0 Å². The molecule has 1 saturated carbocycles. The Morgan fingerprint density at radius 3 is 2.58 bits per heavy atom. The second-order valence-electron chi connectivity index (χ2n) is 5.33. The first-order valence-electron chi connectivity index (χ1n) is 6.28. The van der Waals surface area contributed by atoms with E-state index in [4.69, 9.17) is 0 Å². The van der Waals surface area contributed by atoms with Crippen molar-refractivity contribution in [3.8, 4) is 0 Å². The van der Waals surface area contributed by atoms with E-state index in [9.17, 15) is 22.7 Å². The molecule has 2 unspecified atom stereocenters. The van der Waals surface area contributed by atoms with Gasteiger partial charge in [0.25, 0.3) is 0 Å². The molecule has 0 aromatic heterocycles. The normalized spacial score (nSPS) is 28.4. The highest BCUT2D eigenvalue weighted by molar-refractivity contribution is 5.29. The number of benzene rings is 1. The molecule has 1 aromatic carbocycles. The summed E-state index contributed by atoms with van der Waals surface area (Å²) in [6, 6.07) is 4.01. The number of aryl methyl sites for hydroxylation is 1. The largest absolute Gasteiger partial charge is 0.391 e. The number of aliphatic hydroxyl groups is 1. The molecule has 19 heavy (non-hydrogen) atoms. The summed E-state index contributed by atoms with van der Waals surface area (Å²) in [7, 11) is 0. The van der Waals surface area contributed by atoms with Crippen LogP contribution in [0.3, 0.4) is 0 Å². The van der Waals surface area contributed by atoms with Gasteiger partial charge in [0, 0.05) is 0 Å². The lowest BCUT2D eigenvalue weighted by molar-refractivity contribution is -0.201. The molecule has 1 aromatic rings. The third kappa shape index (κ3) is 2.91. The van der Waals surface area contributed by atoms with Crippen molar-refractivity contribution in [2.75, 3.05) is 0 Å². The van der Waals surface area contributed by atoms with Gasteiger partial charge in [0.05, 0.1) is 11.5 Å². The summed E-state index contributed by atoms with van der Waals surface area (Å²) < 4.78 is 51.5. The van der Waals surface area contributed by atoms with Crippen LogP contribution in [0.15, 0.2) is 18.2 Å². The minimum atomic E-state index is -4.29. The van der Waals surface area contributed by atoms with Crippen LogP contribution >= 0.6 is 0 Å². The molecule has 0 spiro atoms. The van der Waals surface area contributed by atoms with E-state index in [0.29, 0.717) is 17.5 Å². The fourth-order valence-corrected chi connectivity index (χ4v) is 2.73. The Morgan fingerprint density at radius 2 is 2.00 bits per heavy atom. The Morgan fingerprint density at radius 1 is 1.32 bits per heavy atom. The van der Waals surface area contributed by atoms with Gasteiger partial charge in [-0.3, -0.25) is 0 Å². The number of halogens is 4. The molecule has 0 heterocycles. The Hall–Kier alpha value is -1.10. The van der Waals surface area contributed by atoms with Crippen molar-refractivity contribution in [1.29, 1.82) is 0 Å². The zero-order valence-corrected chi connectivity index (χ0v) is 10.6. The molecule has 1 N–H and O–H groups in total. The molecule has 0 saturated heterocycles. The summed E-state index contributed by atoms with van der Waals surface area (Å²) in [4.78, 5) is 0. The third-order valence-corrected chi connectivity index (χ3v) is 3.89. The monoisotopic (exact) mass is 276 g/mol. The van der Waals surface area contributed by atoms with Crippen LogP contribution in [0, 0.1) is 18.7 Å². The second kappa shape index (κ2) is 4.78. The van der Waals surface area contributed by atoms with Gasteiger partial charge in [0.15, 0.2) is 0 Å². The Kier molecular flexibility index (Phi) is 3.60. The van der Waals surface area contributed by atoms with Crippen LogP contribution in [-0.2, 0) is 5.60 Å². The average Bonchev–Trinajstić information content (AvgIpc) is 2.31. The van der Waals surface area contributed by atoms with Gasteiger partial charge < -0.3 is 5.11 Å². The third-order valence-electron chi connectivity index (χ3n) is 3.89. The van der Waals surface area contributed by atoms with Crippen LogP contribution in [0.25, 0.3) is 0 Å². The minimum absolute atomic E-state index is 0.0476. The SMILES string of the molecule is Cc1cc(C2(O)CCCC(C(F)(F)F)C2)ccc1F. The molecule has 1 fully saturated rings. The highest BCUT2D eigenvalue weighted by Gasteiger charge is 2.47. The fraction of sp³-hybridized carbons (Fsp3) is 0.571. The Balaban J connectivity index is 2.28. The van der Waals surface area contributed by atoms with E-state index < -0.39 is 23.5 Å². The summed E-state index contributed by atoms with van der Waals surface area (Å²) in [6.45, 7) is 1.53. The van der Waals surface area contributed by atoms with Gasteiger partial charge in [0.2, 0.25) is 0 Å². The zero-order chi connectivity index (χ0) is 14.3. The predicted octanol–water partition coefficient (Wildman–Crippen LogP) is 4.07. The maximum atomic E-state index is 13.2. The van der Waals surface area contributed by atoms with Gasteiger partial charge in [-0.1, -0.05) is 12.1 Å². The molecular formula is C14H16F4O. The zero-order valence-electron chi connectivity index (χ0n) is 10.6. The van der Waals surface area contributed by atoms with Gasteiger partial charge in [-0.2, -0.15) is 13.2 Å². The minimum Gasteiger partial charge on any atom is -0.385 e. The quantitative estimate of drug-likeness (QED) is 0.766. The average molecular weight is 276 g/mol. The highest BCUT2D eigenvalue weighted by atomic mass is 19.4. The van der Waals surface area contributed by atoms with E-state index in [2.05, 4.69) is 0 Å². The molecule has 2 rings (SSSR count). The van der Waals surface area contributed by atoms with Gasteiger partial charge >= 0.3 is 6.18 Å². The van der Waals surface area contributed by atoms with Crippen LogP contribution in [0.5, 0.6) is 0 Å². The van der Waals surface area contributed by atoms with Gasteiger partial charge in [-0.15, -0.1) is 0 Å². The molecule has 5 heteroatoms. The standard InChI is InChI=1S/C14H16F4O/c1-9-7-10(4-5-12(9)15)13(19)6-2-3-11(8-13)14(16,17)18/h4-5,7,11,19H,2-3,6,8H2,1H3. The van der Waals surface area contributed by atoms with Gasteiger partial charge in [0.1, 0.15) is 5.82 Å². The molecule has 1 aliphatic carbocycles. The van der Waals surface area contributed by atoms with E-state index in [1.165, 1.54) is 25.1 Å². The number of hydrogen-bond acceptors (Lipinski definition) is 1. The van der Waals surface area contributed by atoms with Crippen LogP contribution < -0.4 is 0 Å². The van der Waals surface area contributed by atoms with Gasteiger partial charge in [-0.05, 0) is 49.8 Å². The number of rotatable bonds is 1. The predicted molar refractivity (Wildman–Crippen MR) is 63.0 cm³/mol. The van der Waals surface area contributed by atoms with Crippen molar-refractivity contribution in [3.05, 3.63) is 35.1 Å². The molecule has 106 valence electrons. The lowest BCUT2D eigenvalue weighted by Crippen LogP contribution is -2.38. The molecule has 0 aliphatic heterocycles. The molecule has 0 radical (unpaired) electrons. The van der Waals surface area contributed by atoms with Crippen LogP contribution in [0.4, 0.5) is 17.6 Å². The molecule has 0 amide bonds. The number of alkyl halides is 3. The lowest BCUT2D eigenvalue weighted by Gasteiger charge is -2.38. The first-order chi connectivity index (χ1) is 8.72. The van der Waals surface area contributed by atoms with E-state index in [0.717, 1.165) is 0 Å². The maximum absolute atomic E-state index is 13.2. The summed E-state index contributed by atoms with van der Waals surface area (Å²) in [5.74, 6) is -1.91. The summed E-state index contributed by atoms with van der Waals surface area (Å²) in [5, 5.41) is 10.5. The maximum Gasteiger partial charge on any atom is 0.391 e. The highest BCUT2D eigenvalue weighted by Crippen LogP contribution is 2.46. The van der Waals surface area contributed by atoms with Gasteiger partial charge in [-0.25, -0.2) is 4.39 Å². The Labute approximate surface area is 109 Å². The Bertz CT molecular complexity index is 469. The van der Waals surface area contributed by atoms with Crippen molar-refractivity contribution in [2.24, 2.45) is 5.92 Å². The molecule has 2 atom stereocenters. The summed E-state index contributed by atoms with van der Waals surface area (Å²) in [6.07, 6.45) is -3.99. The first-order valence-corrected chi connectivity index (χ1v) is 6.28. The second-order valence-corrected chi connectivity index (χ2v) is 5.33. The molecular weight excluding hydrogens is 260 g/mol. The molecule has 1 aliphatic rings. The topological polar surface area (TPSA) is 20.2 Å². The van der Waals surface area contributed by atoms with Crippen molar-refractivity contribution in [1.82, 2.24) is 0 Å². The van der Waals surface area contributed by atoms with Crippen molar-refractivity contribution in [3.63, 3.8) is 0 Å². The molecule has 1 nitrogen and oxygen atoms in total. The van der Waals surface area contributed by atoms with Crippen molar-refractivity contribution in [2.45, 2.75) is 44.4 Å². The van der Waals surface area contributed by atoms with Crippen LogP contribution in [0.2, 0.25) is 0 Å².